The first kappa shape index (κ1) is 45.6. The van der Waals surface area contributed by atoms with Crippen LogP contribution in [0.1, 0.15) is 156 Å². The first-order valence-corrected chi connectivity index (χ1v) is 19.3. The molecule has 0 aliphatic rings. The van der Waals surface area contributed by atoms with Crippen molar-refractivity contribution < 1.29 is 29.5 Å². The van der Waals surface area contributed by atoms with Gasteiger partial charge in [-0.15, -0.1) is 0 Å². The van der Waals surface area contributed by atoms with Crippen molar-refractivity contribution in [2.75, 3.05) is 52.7 Å². The van der Waals surface area contributed by atoms with Crippen LogP contribution in [-0.2, 0) is 14.2 Å². The highest BCUT2D eigenvalue weighted by Gasteiger charge is 2.40. The van der Waals surface area contributed by atoms with E-state index in [-0.39, 0.29) is 39.1 Å². The molecule has 0 rings (SSSR count). The molecule has 0 aliphatic heterocycles. The predicted octanol–water partition coefficient (Wildman–Crippen LogP) is 5.99. The lowest BCUT2D eigenvalue weighted by molar-refractivity contribution is -0.0251. The van der Waals surface area contributed by atoms with E-state index in [1.54, 1.807) is 0 Å². The van der Waals surface area contributed by atoms with E-state index in [4.69, 9.17) is 25.7 Å². The Morgan fingerprint density at radius 3 is 1.26 bits per heavy atom. The summed E-state index contributed by atoms with van der Waals surface area (Å²) < 4.78 is 17.5. The van der Waals surface area contributed by atoms with E-state index in [9.17, 15) is 15.3 Å². The van der Waals surface area contributed by atoms with Gasteiger partial charge in [0.2, 0.25) is 0 Å². The number of hydrogen-bond acceptors (Lipinski definition) is 9. The minimum absolute atomic E-state index is 0.197. The summed E-state index contributed by atoms with van der Waals surface area (Å²) in [5.74, 6) is 0. The Hall–Kier alpha value is -0.360. The maximum Gasteiger partial charge on any atom is 0.0791 e. The molecule has 0 bridgehead atoms. The van der Waals surface area contributed by atoms with E-state index in [1.165, 1.54) is 77.0 Å². The summed E-state index contributed by atoms with van der Waals surface area (Å²) in [4.78, 5) is 0. The summed E-state index contributed by atoms with van der Waals surface area (Å²) in [5, 5.41) is 36.6. The molecule has 0 spiro atoms. The molecule has 0 radical (unpaired) electrons. The van der Waals surface area contributed by atoms with Gasteiger partial charge in [-0.25, -0.2) is 0 Å². The van der Waals surface area contributed by atoms with Crippen molar-refractivity contribution in [2.45, 2.75) is 186 Å². The molecule has 0 heterocycles. The summed E-state index contributed by atoms with van der Waals surface area (Å²) >= 11 is 0. The lowest BCUT2D eigenvalue weighted by Crippen LogP contribution is -2.63. The average molecular weight is 662 g/mol. The van der Waals surface area contributed by atoms with E-state index in [2.05, 4.69) is 26.1 Å². The molecule has 4 atom stereocenters. The number of nitrogens with two attached hydrogens (primary N) is 2. The highest BCUT2D eigenvalue weighted by molar-refractivity contribution is 5.01. The predicted molar refractivity (Wildman–Crippen MR) is 192 cm³/mol. The fourth-order valence-corrected chi connectivity index (χ4v) is 6.14. The van der Waals surface area contributed by atoms with Crippen molar-refractivity contribution in [2.24, 2.45) is 11.5 Å². The Kier molecular flexibility index (Phi) is 32.9. The summed E-state index contributed by atoms with van der Waals surface area (Å²) in [7, 11) is 0. The second-order valence-corrected chi connectivity index (χ2v) is 13.6. The minimum Gasteiger partial charge on any atom is -0.391 e. The van der Waals surface area contributed by atoms with Gasteiger partial charge in [0.25, 0.3) is 0 Å². The van der Waals surface area contributed by atoms with E-state index < -0.39 is 29.9 Å². The van der Waals surface area contributed by atoms with Crippen LogP contribution in [0.4, 0.5) is 0 Å². The van der Waals surface area contributed by atoms with Crippen LogP contribution in [0.5, 0.6) is 0 Å². The molecule has 9 heteroatoms. The number of unbranched alkanes of at least 4 members (excludes halogenated alkanes) is 15. The number of hydrogen-bond donors (Lipinski definition) is 6. The van der Waals surface area contributed by atoms with Crippen molar-refractivity contribution in [1.82, 2.24) is 5.32 Å². The number of nitrogens with one attached hydrogen (secondary N) is 1. The van der Waals surface area contributed by atoms with E-state index in [1.807, 2.05) is 0 Å². The van der Waals surface area contributed by atoms with E-state index in [0.29, 0.717) is 32.9 Å². The quantitative estimate of drug-likeness (QED) is 0.0441. The van der Waals surface area contributed by atoms with Crippen LogP contribution < -0.4 is 16.8 Å². The molecular formula is C37H79N3O6. The van der Waals surface area contributed by atoms with Crippen LogP contribution in [0.2, 0.25) is 0 Å². The van der Waals surface area contributed by atoms with Crippen LogP contribution in [0, 0.1) is 0 Å². The van der Waals surface area contributed by atoms with Gasteiger partial charge in [0, 0.05) is 44.5 Å². The van der Waals surface area contributed by atoms with Crippen LogP contribution in [-0.4, -0.2) is 97.9 Å². The Bertz CT molecular complexity index is 590. The molecule has 0 aromatic carbocycles. The summed E-state index contributed by atoms with van der Waals surface area (Å²) in [5.41, 5.74) is 11.9. The summed E-state index contributed by atoms with van der Waals surface area (Å²) in [6.07, 6.45) is 19.8. The van der Waals surface area contributed by atoms with Crippen LogP contribution >= 0.6 is 0 Å². The van der Waals surface area contributed by atoms with Gasteiger partial charge in [0.05, 0.1) is 38.1 Å². The van der Waals surface area contributed by atoms with Gasteiger partial charge in [-0.2, -0.15) is 0 Å². The van der Waals surface area contributed by atoms with Gasteiger partial charge >= 0.3 is 0 Å². The number of rotatable bonds is 37. The third-order valence-corrected chi connectivity index (χ3v) is 8.91. The summed E-state index contributed by atoms with van der Waals surface area (Å²) in [6.45, 7) is 9.95. The van der Waals surface area contributed by atoms with Gasteiger partial charge in [-0.05, 0) is 38.5 Å². The zero-order valence-electron chi connectivity index (χ0n) is 30.5. The molecule has 0 amide bonds. The lowest BCUT2D eigenvalue weighted by Gasteiger charge is -2.43. The third kappa shape index (κ3) is 26.6. The van der Waals surface area contributed by atoms with Crippen molar-refractivity contribution in [1.29, 1.82) is 0 Å². The fourth-order valence-electron chi connectivity index (χ4n) is 6.14. The molecule has 0 fully saturated rings. The first-order chi connectivity index (χ1) is 22.3. The van der Waals surface area contributed by atoms with Crippen molar-refractivity contribution >= 4 is 0 Å². The van der Waals surface area contributed by atoms with Gasteiger partial charge in [-0.1, -0.05) is 117 Å². The largest absolute Gasteiger partial charge is 0.391 e. The van der Waals surface area contributed by atoms with Gasteiger partial charge < -0.3 is 46.3 Å². The molecular weight excluding hydrogens is 582 g/mol. The number of ether oxygens (including phenoxy) is 3. The second kappa shape index (κ2) is 33.2. The smallest absolute Gasteiger partial charge is 0.0791 e. The van der Waals surface area contributed by atoms with Crippen LogP contribution in [0.3, 0.4) is 0 Å². The third-order valence-electron chi connectivity index (χ3n) is 8.91. The lowest BCUT2D eigenvalue weighted by atomic mass is 9.77. The molecule has 0 aliphatic carbocycles. The van der Waals surface area contributed by atoms with E-state index in [0.717, 1.165) is 38.5 Å². The van der Waals surface area contributed by atoms with Gasteiger partial charge in [0.1, 0.15) is 0 Å². The number of aliphatic hydroxyl groups is 3. The highest BCUT2D eigenvalue weighted by Crippen LogP contribution is 2.27. The Labute approximate surface area is 284 Å². The Morgan fingerprint density at radius 2 is 0.891 bits per heavy atom. The Balaban J connectivity index is 5.13. The Morgan fingerprint density at radius 1 is 0.543 bits per heavy atom. The van der Waals surface area contributed by atoms with Crippen molar-refractivity contribution in [3.8, 4) is 0 Å². The summed E-state index contributed by atoms with van der Waals surface area (Å²) in [6, 6.07) is -0.562. The molecule has 46 heavy (non-hydrogen) atoms. The van der Waals surface area contributed by atoms with E-state index >= 15 is 0 Å². The topological polar surface area (TPSA) is 152 Å². The highest BCUT2D eigenvalue weighted by atomic mass is 16.5. The second-order valence-electron chi connectivity index (χ2n) is 13.6. The average Bonchev–Trinajstić information content (AvgIpc) is 3.03. The molecule has 278 valence electrons. The fraction of sp³-hybridized carbons (Fsp3) is 1.00. The monoisotopic (exact) mass is 662 g/mol. The standard InChI is InChI=1S/C37H79N3O6/c1-4-7-10-13-16-19-24-44-30-33(41)27-36(39)37(40-23-22-38,28-34(42)31-45-25-20-17-14-11-8-5-2)29-35(43)32-46-26-21-18-15-12-9-6-3/h33-36,40-43H,4-32,38-39H2,1-3H3. The SMILES string of the molecule is CCCCCCCCOCC(O)CC(N)C(CC(O)COCCCCCCCC)(CC(O)COCCCCCCCC)NCCN. The molecule has 0 saturated carbocycles. The maximum absolute atomic E-state index is 11.1. The molecule has 8 N–H and O–H groups in total. The van der Waals surface area contributed by atoms with Gasteiger partial charge in [0.15, 0.2) is 0 Å². The molecule has 9 nitrogen and oxygen atoms in total. The zero-order chi connectivity index (χ0) is 34.1. The maximum atomic E-state index is 11.1. The minimum atomic E-state index is -0.870. The van der Waals surface area contributed by atoms with Crippen LogP contribution in [0.25, 0.3) is 0 Å². The first-order valence-electron chi connectivity index (χ1n) is 19.3. The normalized spacial score (nSPS) is 15.9. The number of aliphatic hydroxyl groups excluding tert-OH is 3. The van der Waals surface area contributed by atoms with Crippen molar-refractivity contribution in [3.05, 3.63) is 0 Å². The molecule has 0 aromatic heterocycles. The molecule has 4 unspecified atom stereocenters. The van der Waals surface area contributed by atoms with Gasteiger partial charge in [-0.3, -0.25) is 0 Å². The van der Waals surface area contributed by atoms with Crippen molar-refractivity contribution in [3.63, 3.8) is 0 Å². The molecule has 0 aromatic rings. The zero-order valence-corrected chi connectivity index (χ0v) is 30.5. The van der Waals surface area contributed by atoms with Crippen LogP contribution in [0.15, 0.2) is 0 Å². The molecule has 0 saturated heterocycles.